The zero-order valence-electron chi connectivity index (χ0n) is 49.8. The Balaban J connectivity index is 3.98. The lowest BCUT2D eigenvalue weighted by Crippen LogP contribution is -2.59. The highest BCUT2D eigenvalue weighted by Crippen LogP contribution is 2.40. The number of hydrogen-bond acceptors (Lipinski definition) is 24. The summed E-state index contributed by atoms with van der Waals surface area (Å²) in [5.74, 6) is -6.71. The standard InChI is InChI=1S/C59H112O24/c1-3-5-7-9-11-13-15-17-19-21-23-29-58(37-79-54(76)50(72)45(67)41(64)26-33-60,38-80-55(77)51(73)46(68)42(65)27-34-61)31-25-32-59(30-24-22-20-18-16-14-12-10-8-6-4-2,39-81-56(78)52(74)47(69)43(66)28-35-62)40-82-57-53(75)49(71)48(70)44(36-63)83-57/h41-44,48-49,53-57,60-78H,3-40H2,1-2H3/b50-45-,51-46-,52-47+/t41-,42-,43-,44?,48-,49?,53?,54+,55+,56+,57-,59?/m1/s1. The van der Waals surface area contributed by atoms with E-state index in [1.807, 2.05) is 0 Å². The van der Waals surface area contributed by atoms with Crippen LogP contribution in [0.3, 0.4) is 0 Å². The molecule has 12 atom stereocenters. The SMILES string of the molecule is CCCCCCCCCCCCCC(CCCC(CCCCCCCCCCCCC)(CO[C@@H]1OC(CO)[C@@H](O)C(O)C1O)CO[C@H](O)/C(O)=C(\O)[C@H](O)CCO)(CO[C@H](O)/C(O)=C(/O)[C@H](O)CCO)CO[C@H](O)/C(O)=C(/O)[C@H](O)CCO. The third-order valence-corrected chi connectivity index (χ3v) is 15.7. The molecule has 24 heteroatoms. The fraction of sp³-hybridized carbons (Fsp3) is 0.898. The lowest BCUT2D eigenvalue weighted by Gasteiger charge is -2.42. The topological polar surface area (TPSA) is 431 Å². The molecule has 83 heavy (non-hydrogen) atoms. The van der Waals surface area contributed by atoms with Gasteiger partial charge in [0.25, 0.3) is 0 Å². The van der Waals surface area contributed by atoms with Crippen molar-refractivity contribution in [3.63, 3.8) is 0 Å². The summed E-state index contributed by atoms with van der Waals surface area (Å²) in [4.78, 5) is 0. The second-order valence-corrected chi connectivity index (χ2v) is 22.8. The Morgan fingerprint density at radius 2 is 0.663 bits per heavy atom. The predicted octanol–water partition coefficient (Wildman–Crippen LogP) is 5.57. The fourth-order valence-corrected chi connectivity index (χ4v) is 10.2. The van der Waals surface area contributed by atoms with E-state index in [4.69, 9.17) is 23.7 Å². The molecule has 492 valence electrons. The molecule has 1 saturated heterocycles. The van der Waals surface area contributed by atoms with Crippen molar-refractivity contribution in [2.45, 2.75) is 274 Å². The van der Waals surface area contributed by atoms with Gasteiger partial charge >= 0.3 is 0 Å². The lowest BCUT2D eigenvalue weighted by atomic mass is 9.74. The molecule has 0 aromatic rings. The minimum atomic E-state index is -2.27. The fourth-order valence-electron chi connectivity index (χ4n) is 10.2. The van der Waals surface area contributed by atoms with Crippen LogP contribution in [0.2, 0.25) is 0 Å². The number of aliphatic hydroxyl groups is 19. The van der Waals surface area contributed by atoms with E-state index >= 15 is 0 Å². The van der Waals surface area contributed by atoms with Crippen LogP contribution in [0.1, 0.15) is 206 Å². The molecule has 0 amide bonds. The molecule has 0 saturated carbocycles. The van der Waals surface area contributed by atoms with Gasteiger partial charge in [-0.15, -0.1) is 0 Å². The molecule has 19 N–H and O–H groups in total. The molecule has 24 nitrogen and oxygen atoms in total. The summed E-state index contributed by atoms with van der Waals surface area (Å²) < 4.78 is 29.5. The van der Waals surface area contributed by atoms with Gasteiger partial charge in [-0.25, -0.2) is 0 Å². The first-order chi connectivity index (χ1) is 39.6. The smallest absolute Gasteiger partial charge is 0.217 e. The Kier molecular flexibility index (Phi) is 43.0. The average Bonchev–Trinajstić information content (AvgIpc) is 3.51. The molecule has 1 heterocycles. The number of aliphatic hydroxyl groups excluding tert-OH is 19. The molecular formula is C59H112O24. The minimum Gasteiger partial charge on any atom is -0.506 e. The highest BCUT2D eigenvalue weighted by Gasteiger charge is 2.46. The van der Waals surface area contributed by atoms with E-state index in [1.54, 1.807) is 0 Å². The summed E-state index contributed by atoms with van der Waals surface area (Å²) in [6.07, 6.45) is 0.661. The first-order valence-corrected chi connectivity index (χ1v) is 30.7. The average molecular weight is 1210 g/mol. The summed E-state index contributed by atoms with van der Waals surface area (Å²) in [6, 6.07) is 0. The van der Waals surface area contributed by atoms with Crippen LogP contribution in [-0.2, 0) is 23.7 Å². The van der Waals surface area contributed by atoms with Crippen LogP contribution in [0.5, 0.6) is 0 Å². The Bertz CT molecular complexity index is 1670. The van der Waals surface area contributed by atoms with E-state index < -0.39 is 179 Å². The molecule has 0 radical (unpaired) electrons. The van der Waals surface area contributed by atoms with Crippen molar-refractivity contribution >= 4 is 0 Å². The van der Waals surface area contributed by atoms with E-state index in [0.29, 0.717) is 25.7 Å². The van der Waals surface area contributed by atoms with Gasteiger partial charge in [-0.1, -0.05) is 162 Å². The monoisotopic (exact) mass is 1200 g/mol. The molecule has 0 aromatic carbocycles. The lowest BCUT2D eigenvalue weighted by molar-refractivity contribution is -0.308. The highest BCUT2D eigenvalue weighted by molar-refractivity contribution is 5.08. The molecule has 1 fully saturated rings. The molecule has 0 aliphatic carbocycles. The first-order valence-electron chi connectivity index (χ1n) is 30.7. The minimum absolute atomic E-state index is 0.0271. The number of unbranched alkanes of at least 4 members (excludes halogenated alkanes) is 20. The summed E-state index contributed by atoms with van der Waals surface area (Å²) >= 11 is 0. The van der Waals surface area contributed by atoms with Crippen molar-refractivity contribution in [3.05, 3.63) is 34.6 Å². The number of hydrogen-bond donors (Lipinski definition) is 19. The van der Waals surface area contributed by atoms with Gasteiger partial charge in [0.1, 0.15) is 42.7 Å². The molecule has 1 rings (SSSR count). The van der Waals surface area contributed by atoms with E-state index in [2.05, 4.69) is 13.8 Å². The maximum absolute atomic E-state index is 11.2. The summed E-state index contributed by atoms with van der Waals surface area (Å²) in [7, 11) is 0. The van der Waals surface area contributed by atoms with E-state index in [1.165, 1.54) is 25.7 Å². The number of ether oxygens (including phenoxy) is 5. The maximum Gasteiger partial charge on any atom is 0.217 e. The highest BCUT2D eigenvalue weighted by atomic mass is 16.7. The van der Waals surface area contributed by atoms with Crippen molar-refractivity contribution in [2.75, 3.05) is 52.9 Å². The number of rotatable bonds is 53. The van der Waals surface area contributed by atoms with Crippen LogP contribution in [0.4, 0.5) is 0 Å². The first kappa shape index (κ1) is 78.3. The third-order valence-electron chi connectivity index (χ3n) is 15.7. The van der Waals surface area contributed by atoms with Gasteiger partial charge in [0.05, 0.1) is 33.0 Å². The molecule has 1 aliphatic rings. The Morgan fingerprint density at radius 1 is 0.373 bits per heavy atom. The maximum atomic E-state index is 11.2. The van der Waals surface area contributed by atoms with Crippen molar-refractivity contribution in [2.24, 2.45) is 10.8 Å². The van der Waals surface area contributed by atoms with Crippen LogP contribution >= 0.6 is 0 Å². The predicted molar refractivity (Wildman–Crippen MR) is 306 cm³/mol. The van der Waals surface area contributed by atoms with Gasteiger partial charge in [0, 0.05) is 49.9 Å². The van der Waals surface area contributed by atoms with Crippen LogP contribution in [0.15, 0.2) is 34.6 Å². The van der Waals surface area contributed by atoms with Crippen molar-refractivity contribution in [3.8, 4) is 0 Å². The Morgan fingerprint density at radius 3 is 0.964 bits per heavy atom. The molecule has 0 spiro atoms. The largest absolute Gasteiger partial charge is 0.506 e. The third kappa shape index (κ3) is 30.7. The molecule has 4 unspecified atom stereocenters. The Hall–Kier alpha value is -2.70. The van der Waals surface area contributed by atoms with Crippen molar-refractivity contribution in [1.29, 1.82) is 0 Å². The van der Waals surface area contributed by atoms with Gasteiger partial charge in [0.15, 0.2) is 40.8 Å². The van der Waals surface area contributed by atoms with Crippen LogP contribution in [-0.4, -0.2) is 218 Å². The van der Waals surface area contributed by atoms with E-state index in [0.717, 1.165) is 89.9 Å². The van der Waals surface area contributed by atoms with Gasteiger partial charge in [-0.05, 0) is 25.7 Å². The summed E-state index contributed by atoms with van der Waals surface area (Å²) in [6.45, 7) is -0.0970. The normalized spacial score (nSPS) is 21.8. The van der Waals surface area contributed by atoms with Gasteiger partial charge < -0.3 is 121 Å². The van der Waals surface area contributed by atoms with Crippen molar-refractivity contribution < 1.29 is 121 Å². The second-order valence-electron chi connectivity index (χ2n) is 22.8. The van der Waals surface area contributed by atoms with Gasteiger partial charge in [0.2, 0.25) is 18.9 Å². The second kappa shape index (κ2) is 45.6. The molecule has 0 bridgehead atoms. The molecule has 0 aromatic heterocycles. The van der Waals surface area contributed by atoms with Crippen LogP contribution in [0.25, 0.3) is 0 Å². The Labute approximate surface area is 491 Å². The quantitative estimate of drug-likeness (QED) is 0.0201. The van der Waals surface area contributed by atoms with Crippen LogP contribution < -0.4 is 0 Å². The van der Waals surface area contributed by atoms with E-state index in [9.17, 15) is 97.0 Å². The summed E-state index contributed by atoms with van der Waals surface area (Å²) in [5.41, 5.74) is -2.61. The van der Waals surface area contributed by atoms with Crippen molar-refractivity contribution in [1.82, 2.24) is 0 Å². The molecule has 1 aliphatic heterocycles. The van der Waals surface area contributed by atoms with Gasteiger partial charge in [-0.2, -0.15) is 0 Å². The van der Waals surface area contributed by atoms with Gasteiger partial charge in [-0.3, -0.25) is 0 Å². The molecular weight excluding hydrogens is 1090 g/mol. The summed E-state index contributed by atoms with van der Waals surface area (Å²) in [5, 5.41) is 199. The van der Waals surface area contributed by atoms with Crippen LogP contribution in [0, 0.1) is 10.8 Å². The zero-order valence-corrected chi connectivity index (χ0v) is 49.8. The van der Waals surface area contributed by atoms with E-state index in [-0.39, 0.29) is 38.7 Å². The zero-order chi connectivity index (χ0) is 62.2.